The van der Waals surface area contributed by atoms with Gasteiger partial charge in [0.25, 0.3) is 0 Å². The van der Waals surface area contributed by atoms with Crippen molar-refractivity contribution in [1.82, 2.24) is 4.90 Å². The lowest BCUT2D eigenvalue weighted by atomic mass is 9.67. The number of fused-ring (bicyclic) bond motifs is 2. The lowest BCUT2D eigenvalue weighted by Gasteiger charge is -2.37. The Morgan fingerprint density at radius 1 is 1.22 bits per heavy atom. The number of ether oxygens (including phenoxy) is 1. The fraction of sp³-hybridized carbons (Fsp3) is 0.636. The molecule has 1 spiro atoms. The monoisotopic (exact) mass is 371 g/mol. The van der Waals surface area contributed by atoms with Crippen molar-refractivity contribution >= 4 is 11.9 Å². The molecule has 2 fully saturated rings. The average molecular weight is 371 g/mol. The number of likely N-dealkylation sites (tertiary alicyclic amines) is 1. The lowest BCUT2D eigenvalue weighted by Crippen LogP contribution is -2.32. The fourth-order valence-corrected chi connectivity index (χ4v) is 5.19. The summed E-state index contributed by atoms with van der Waals surface area (Å²) in [6, 6.07) is 6.44. The van der Waals surface area contributed by atoms with Gasteiger partial charge in [-0.1, -0.05) is 6.07 Å². The van der Waals surface area contributed by atoms with Gasteiger partial charge in [-0.05, 0) is 80.0 Å². The summed E-state index contributed by atoms with van der Waals surface area (Å²) in [5.74, 6) is 0.360. The molecule has 1 heterocycles. The number of amides is 1. The number of nitrogens with zero attached hydrogens (tertiary/aromatic N) is 1. The van der Waals surface area contributed by atoms with Gasteiger partial charge in [-0.25, -0.2) is 0 Å². The van der Waals surface area contributed by atoms with Crippen LogP contribution in [0.1, 0.15) is 62.5 Å². The first-order chi connectivity index (χ1) is 13.1. The van der Waals surface area contributed by atoms with Gasteiger partial charge in [0.2, 0.25) is 5.91 Å². The molecule has 1 aliphatic heterocycles. The molecule has 1 saturated heterocycles. The highest BCUT2D eigenvalue weighted by Gasteiger charge is 2.43. The highest BCUT2D eigenvalue weighted by Crippen LogP contribution is 2.50. The summed E-state index contributed by atoms with van der Waals surface area (Å²) in [5.41, 5.74) is 2.94. The zero-order valence-corrected chi connectivity index (χ0v) is 15.9. The van der Waals surface area contributed by atoms with Crippen LogP contribution in [0, 0.1) is 5.92 Å². The van der Waals surface area contributed by atoms with Crippen LogP contribution in [0.2, 0.25) is 0 Å². The molecule has 1 amide bonds. The number of aliphatic carboxylic acids is 1. The molecule has 0 bridgehead atoms. The van der Waals surface area contributed by atoms with Crippen molar-refractivity contribution in [3.63, 3.8) is 0 Å². The van der Waals surface area contributed by atoms with Crippen LogP contribution in [0.3, 0.4) is 0 Å². The lowest BCUT2D eigenvalue weighted by molar-refractivity contribution is -0.143. The van der Waals surface area contributed by atoms with Crippen molar-refractivity contribution in [2.24, 2.45) is 5.92 Å². The van der Waals surface area contributed by atoms with E-state index in [0.29, 0.717) is 13.0 Å². The Balaban J connectivity index is 1.35. The Hall–Kier alpha value is -2.04. The van der Waals surface area contributed by atoms with E-state index in [1.54, 1.807) is 0 Å². The van der Waals surface area contributed by atoms with Crippen molar-refractivity contribution < 1.29 is 19.4 Å². The first-order valence-corrected chi connectivity index (χ1v) is 10.3. The number of hydrogen-bond acceptors (Lipinski definition) is 3. The summed E-state index contributed by atoms with van der Waals surface area (Å²) in [6.45, 7) is 2.29. The van der Waals surface area contributed by atoms with E-state index in [1.807, 2.05) is 4.90 Å². The minimum absolute atomic E-state index is 0.155. The molecule has 0 radical (unpaired) electrons. The minimum Gasteiger partial charge on any atom is -0.494 e. The molecular weight excluding hydrogens is 342 g/mol. The third-order valence-electron chi connectivity index (χ3n) is 6.83. The number of benzene rings is 1. The predicted octanol–water partition coefficient (Wildman–Crippen LogP) is 3.54. The summed E-state index contributed by atoms with van der Waals surface area (Å²) >= 11 is 0. The second-order valence-electron chi connectivity index (χ2n) is 8.40. The zero-order valence-electron chi connectivity index (χ0n) is 15.9. The molecule has 3 aliphatic rings. The largest absolute Gasteiger partial charge is 0.494 e. The van der Waals surface area contributed by atoms with E-state index >= 15 is 0 Å². The van der Waals surface area contributed by atoms with Crippen LogP contribution in [0.15, 0.2) is 18.2 Å². The molecule has 27 heavy (non-hydrogen) atoms. The number of aryl methyl sites for hydroxylation is 1. The number of rotatable bonds is 6. The Morgan fingerprint density at radius 2 is 2.04 bits per heavy atom. The van der Waals surface area contributed by atoms with Gasteiger partial charge < -0.3 is 14.7 Å². The van der Waals surface area contributed by atoms with Gasteiger partial charge in [0, 0.05) is 19.5 Å². The quantitative estimate of drug-likeness (QED) is 0.777. The molecule has 2 aliphatic carbocycles. The van der Waals surface area contributed by atoms with Gasteiger partial charge >= 0.3 is 5.97 Å². The van der Waals surface area contributed by atoms with E-state index in [9.17, 15) is 14.7 Å². The standard InChI is InChI=1S/C22H29NO4/c24-20-3-1-12-23(20)13-2-14-27-18-5-4-16-6-9-22(19(16)15-18)10-7-17(8-11-22)21(25)26/h4-5,15,17H,1-3,6-14H2,(H,25,26). The first-order valence-electron chi connectivity index (χ1n) is 10.3. The van der Waals surface area contributed by atoms with Gasteiger partial charge in [-0.2, -0.15) is 0 Å². The fourth-order valence-electron chi connectivity index (χ4n) is 5.19. The molecule has 1 aromatic carbocycles. The van der Waals surface area contributed by atoms with Crippen LogP contribution in [-0.4, -0.2) is 41.6 Å². The number of carboxylic acid groups (broad SMARTS) is 1. The predicted molar refractivity (Wildman–Crippen MR) is 102 cm³/mol. The van der Waals surface area contributed by atoms with Crippen LogP contribution in [0.5, 0.6) is 5.75 Å². The molecule has 4 rings (SSSR count). The van der Waals surface area contributed by atoms with Gasteiger partial charge in [0.05, 0.1) is 12.5 Å². The molecular formula is C22H29NO4. The number of carboxylic acids is 1. The highest BCUT2D eigenvalue weighted by molar-refractivity contribution is 5.78. The maximum atomic E-state index is 11.7. The van der Waals surface area contributed by atoms with Crippen LogP contribution < -0.4 is 4.74 Å². The van der Waals surface area contributed by atoms with Gasteiger partial charge in [0.1, 0.15) is 5.75 Å². The van der Waals surface area contributed by atoms with E-state index in [1.165, 1.54) is 11.1 Å². The highest BCUT2D eigenvalue weighted by atomic mass is 16.5. The molecule has 0 aromatic heterocycles. The van der Waals surface area contributed by atoms with Crippen molar-refractivity contribution in [3.05, 3.63) is 29.3 Å². The maximum absolute atomic E-state index is 11.7. The number of hydrogen-bond donors (Lipinski definition) is 1. The van der Waals surface area contributed by atoms with Gasteiger partial charge in [0.15, 0.2) is 0 Å². The van der Waals surface area contributed by atoms with Gasteiger partial charge in [-0.3, -0.25) is 9.59 Å². The molecule has 1 N–H and O–H groups in total. The Kier molecular flexibility index (Phi) is 5.11. The van der Waals surface area contributed by atoms with Crippen molar-refractivity contribution in [1.29, 1.82) is 0 Å². The van der Waals surface area contributed by atoms with Crippen LogP contribution in [-0.2, 0) is 21.4 Å². The van der Waals surface area contributed by atoms with E-state index < -0.39 is 5.97 Å². The third-order valence-corrected chi connectivity index (χ3v) is 6.83. The normalized spacial score (nSPS) is 27.2. The third kappa shape index (κ3) is 3.69. The number of carbonyl (C=O) groups is 2. The summed E-state index contributed by atoms with van der Waals surface area (Å²) in [7, 11) is 0. The van der Waals surface area contributed by atoms with E-state index in [4.69, 9.17) is 4.74 Å². The second-order valence-corrected chi connectivity index (χ2v) is 8.40. The topological polar surface area (TPSA) is 66.8 Å². The SMILES string of the molecule is O=C(O)C1CCC2(CCc3ccc(OCCCN4CCCC4=O)cc32)CC1. The molecule has 1 saturated carbocycles. The smallest absolute Gasteiger partial charge is 0.306 e. The summed E-state index contributed by atoms with van der Waals surface area (Å²) < 4.78 is 5.99. The van der Waals surface area contributed by atoms with Crippen LogP contribution in [0.4, 0.5) is 0 Å². The number of carbonyl (C=O) groups excluding carboxylic acids is 1. The van der Waals surface area contributed by atoms with Crippen molar-refractivity contribution in [2.45, 2.75) is 63.2 Å². The minimum atomic E-state index is -0.642. The molecule has 5 heteroatoms. The maximum Gasteiger partial charge on any atom is 0.306 e. The molecule has 146 valence electrons. The second kappa shape index (κ2) is 7.53. The van der Waals surface area contributed by atoms with Gasteiger partial charge in [-0.15, -0.1) is 0 Å². The molecule has 0 unspecified atom stereocenters. The molecule has 0 atom stereocenters. The summed E-state index contributed by atoms with van der Waals surface area (Å²) in [6.07, 6.45) is 8.25. The Bertz CT molecular complexity index is 721. The zero-order chi connectivity index (χ0) is 18.9. The van der Waals surface area contributed by atoms with Crippen molar-refractivity contribution in [3.8, 4) is 5.75 Å². The average Bonchev–Trinajstić information content (AvgIpc) is 3.23. The van der Waals surface area contributed by atoms with E-state index in [2.05, 4.69) is 18.2 Å². The Labute approximate surface area is 160 Å². The Morgan fingerprint density at radius 3 is 2.74 bits per heavy atom. The molecule has 5 nitrogen and oxygen atoms in total. The summed E-state index contributed by atoms with van der Waals surface area (Å²) in [4.78, 5) is 24.9. The van der Waals surface area contributed by atoms with E-state index in [-0.39, 0.29) is 17.2 Å². The first kappa shape index (κ1) is 18.3. The van der Waals surface area contributed by atoms with Crippen LogP contribution in [0.25, 0.3) is 0 Å². The van der Waals surface area contributed by atoms with Crippen molar-refractivity contribution in [2.75, 3.05) is 19.7 Å². The van der Waals surface area contributed by atoms with E-state index in [0.717, 1.165) is 70.2 Å². The van der Waals surface area contributed by atoms with Crippen LogP contribution >= 0.6 is 0 Å². The summed E-state index contributed by atoms with van der Waals surface area (Å²) in [5, 5.41) is 9.28. The molecule has 1 aromatic rings.